The molecule has 1 aromatic heterocycles. The van der Waals surface area contributed by atoms with E-state index in [4.69, 9.17) is 16.2 Å². The number of hydrogen-bond donors (Lipinski definition) is 3. The number of carbonyl (C=O) groups is 3. The van der Waals surface area contributed by atoms with E-state index in [1.54, 1.807) is 30.3 Å². The summed E-state index contributed by atoms with van der Waals surface area (Å²) in [6, 6.07) is 11.7. The molecule has 5 N–H and O–H groups in total. The van der Waals surface area contributed by atoms with Gasteiger partial charge >= 0.3 is 0 Å². The van der Waals surface area contributed by atoms with Crippen molar-refractivity contribution in [2.75, 3.05) is 23.8 Å². The zero-order chi connectivity index (χ0) is 28.0. The molecule has 0 aliphatic rings. The third-order valence-electron chi connectivity index (χ3n) is 6.02. The van der Waals surface area contributed by atoms with E-state index >= 15 is 0 Å². The van der Waals surface area contributed by atoms with Gasteiger partial charge in [0.2, 0.25) is 5.91 Å². The van der Waals surface area contributed by atoms with Gasteiger partial charge in [-0.15, -0.1) is 0 Å². The number of aromatic nitrogens is 1. The standard InChI is InChI=1S/C28H35N5O4S/c1-6-37-20-10-8-19(9-11-20)24(27(35)31-14-13-16(2)3)33(21-12-7-17(4)15-18(21)5)28(36)25-22(29)23(26(30)34)32-38-25/h7-12,15-16,24H,6,13-14,29H2,1-5H3,(H2,30,34)(H,31,35)/t24-/m0/s1. The lowest BCUT2D eigenvalue weighted by molar-refractivity contribution is -0.122. The summed E-state index contributed by atoms with van der Waals surface area (Å²) in [6.07, 6.45) is 0.781. The van der Waals surface area contributed by atoms with Gasteiger partial charge in [-0.25, -0.2) is 0 Å². The van der Waals surface area contributed by atoms with Crippen LogP contribution in [0.2, 0.25) is 0 Å². The number of aryl methyl sites for hydroxylation is 2. The van der Waals surface area contributed by atoms with Gasteiger partial charge in [-0.2, -0.15) is 4.37 Å². The average molecular weight is 538 g/mol. The van der Waals surface area contributed by atoms with E-state index in [2.05, 4.69) is 23.5 Å². The summed E-state index contributed by atoms with van der Waals surface area (Å²) in [5, 5.41) is 3.00. The van der Waals surface area contributed by atoms with Crippen molar-refractivity contribution in [2.45, 2.75) is 47.1 Å². The van der Waals surface area contributed by atoms with Gasteiger partial charge in [0, 0.05) is 12.2 Å². The Balaban J connectivity index is 2.19. The smallest absolute Gasteiger partial charge is 0.273 e. The van der Waals surface area contributed by atoms with Crippen LogP contribution in [0, 0.1) is 19.8 Å². The van der Waals surface area contributed by atoms with Gasteiger partial charge in [0.05, 0.1) is 12.3 Å². The first kappa shape index (κ1) is 28.6. The number of ether oxygens (including phenoxy) is 1. The van der Waals surface area contributed by atoms with E-state index in [0.717, 1.165) is 29.1 Å². The third-order valence-corrected chi connectivity index (χ3v) is 6.87. The number of amides is 3. The van der Waals surface area contributed by atoms with Crippen LogP contribution in [0.4, 0.5) is 11.4 Å². The second kappa shape index (κ2) is 12.6. The quantitative estimate of drug-likeness (QED) is 0.331. The number of nitrogen functional groups attached to an aromatic ring is 1. The van der Waals surface area contributed by atoms with Crippen molar-refractivity contribution in [3.8, 4) is 5.75 Å². The summed E-state index contributed by atoms with van der Waals surface area (Å²) in [7, 11) is 0. The molecule has 38 heavy (non-hydrogen) atoms. The zero-order valence-corrected chi connectivity index (χ0v) is 23.2. The van der Waals surface area contributed by atoms with Crippen molar-refractivity contribution >= 4 is 40.6 Å². The summed E-state index contributed by atoms with van der Waals surface area (Å²) in [5.41, 5.74) is 14.2. The van der Waals surface area contributed by atoms with Crippen molar-refractivity contribution in [1.29, 1.82) is 0 Å². The Morgan fingerprint density at radius 1 is 1.11 bits per heavy atom. The minimum absolute atomic E-state index is 0.0321. The maximum atomic E-state index is 14.2. The van der Waals surface area contributed by atoms with Crippen molar-refractivity contribution in [3.05, 3.63) is 69.7 Å². The monoisotopic (exact) mass is 537 g/mol. The van der Waals surface area contributed by atoms with Crippen molar-refractivity contribution in [2.24, 2.45) is 11.7 Å². The first-order valence-corrected chi connectivity index (χ1v) is 13.3. The zero-order valence-electron chi connectivity index (χ0n) is 22.4. The molecule has 0 saturated heterocycles. The molecule has 0 bridgehead atoms. The lowest BCUT2D eigenvalue weighted by Crippen LogP contribution is -2.44. The van der Waals surface area contributed by atoms with Gasteiger partial charge < -0.3 is 21.5 Å². The fourth-order valence-electron chi connectivity index (χ4n) is 4.09. The summed E-state index contributed by atoms with van der Waals surface area (Å²) in [4.78, 5) is 41.2. The summed E-state index contributed by atoms with van der Waals surface area (Å²) >= 11 is 0.781. The number of carbonyl (C=O) groups excluding carboxylic acids is 3. The molecular weight excluding hydrogens is 502 g/mol. The topological polar surface area (TPSA) is 141 Å². The largest absolute Gasteiger partial charge is 0.494 e. The molecule has 0 aliphatic heterocycles. The molecule has 202 valence electrons. The van der Waals surface area contributed by atoms with Crippen molar-refractivity contribution in [1.82, 2.24) is 9.69 Å². The van der Waals surface area contributed by atoms with E-state index in [1.165, 1.54) is 4.90 Å². The van der Waals surface area contributed by atoms with E-state index in [-0.39, 0.29) is 22.2 Å². The normalized spacial score (nSPS) is 11.7. The van der Waals surface area contributed by atoms with Crippen LogP contribution in [-0.4, -0.2) is 35.2 Å². The molecule has 9 nitrogen and oxygen atoms in total. The molecule has 3 amide bonds. The van der Waals surface area contributed by atoms with E-state index < -0.39 is 17.9 Å². The van der Waals surface area contributed by atoms with Crippen LogP contribution in [0.1, 0.15) is 70.1 Å². The molecule has 0 radical (unpaired) electrons. The molecule has 0 fully saturated rings. The minimum Gasteiger partial charge on any atom is -0.494 e. The molecule has 0 aliphatic carbocycles. The molecule has 2 aromatic carbocycles. The van der Waals surface area contributed by atoms with Crippen LogP contribution in [0.15, 0.2) is 42.5 Å². The number of hydrogen-bond acceptors (Lipinski definition) is 7. The highest BCUT2D eigenvalue weighted by atomic mass is 32.1. The molecule has 3 rings (SSSR count). The fourth-order valence-corrected chi connectivity index (χ4v) is 4.83. The highest BCUT2D eigenvalue weighted by Gasteiger charge is 2.36. The number of benzene rings is 2. The highest BCUT2D eigenvalue weighted by molar-refractivity contribution is 7.09. The van der Waals surface area contributed by atoms with Crippen LogP contribution in [-0.2, 0) is 4.79 Å². The number of nitrogens with zero attached hydrogens (tertiary/aromatic N) is 2. The van der Waals surface area contributed by atoms with Crippen LogP contribution in [0.25, 0.3) is 0 Å². The Kier molecular flexibility index (Phi) is 9.46. The van der Waals surface area contributed by atoms with Gasteiger partial charge in [0.25, 0.3) is 11.8 Å². The second-order valence-electron chi connectivity index (χ2n) is 9.48. The molecule has 3 aromatic rings. The predicted octanol–water partition coefficient (Wildman–Crippen LogP) is 4.39. The first-order valence-electron chi connectivity index (χ1n) is 12.5. The van der Waals surface area contributed by atoms with Gasteiger partial charge in [0.1, 0.15) is 16.7 Å². The van der Waals surface area contributed by atoms with Gasteiger partial charge in [-0.3, -0.25) is 19.3 Å². The molecule has 10 heteroatoms. The van der Waals surface area contributed by atoms with Crippen LogP contribution in [0.5, 0.6) is 5.75 Å². The number of anilines is 2. The van der Waals surface area contributed by atoms with Crippen LogP contribution < -0.4 is 26.4 Å². The molecule has 0 spiro atoms. The lowest BCUT2D eigenvalue weighted by Gasteiger charge is -2.32. The van der Waals surface area contributed by atoms with Gasteiger partial charge in [0.15, 0.2) is 5.69 Å². The Morgan fingerprint density at radius 3 is 2.34 bits per heavy atom. The maximum absolute atomic E-state index is 14.2. The number of primary amides is 1. The molecule has 0 unspecified atom stereocenters. The first-order chi connectivity index (χ1) is 18.0. The minimum atomic E-state index is -1.04. The van der Waals surface area contributed by atoms with Crippen molar-refractivity contribution < 1.29 is 19.1 Å². The third kappa shape index (κ3) is 6.49. The van der Waals surface area contributed by atoms with E-state index in [9.17, 15) is 14.4 Å². The predicted molar refractivity (Wildman–Crippen MR) is 151 cm³/mol. The van der Waals surface area contributed by atoms with Gasteiger partial charge in [-0.1, -0.05) is 43.7 Å². The number of nitrogens with one attached hydrogen (secondary N) is 1. The van der Waals surface area contributed by atoms with E-state index in [0.29, 0.717) is 36.1 Å². The SMILES string of the molecule is CCOc1ccc([C@@H](C(=O)NCCC(C)C)N(C(=O)c2snc(C(N)=O)c2N)c2ccc(C)cc2C)cc1. The molecular formula is C28H35N5O4S. The molecule has 0 saturated carbocycles. The molecule has 1 atom stereocenters. The van der Waals surface area contributed by atoms with Gasteiger partial charge in [-0.05, 0) is 74.0 Å². The summed E-state index contributed by atoms with van der Waals surface area (Å²) in [6.45, 7) is 10.8. The lowest BCUT2D eigenvalue weighted by atomic mass is 10.00. The Bertz CT molecular complexity index is 1300. The Labute approximate surface area is 227 Å². The summed E-state index contributed by atoms with van der Waals surface area (Å²) in [5.74, 6) is -0.693. The maximum Gasteiger partial charge on any atom is 0.273 e. The Morgan fingerprint density at radius 2 is 1.79 bits per heavy atom. The highest BCUT2D eigenvalue weighted by Crippen LogP contribution is 2.35. The van der Waals surface area contributed by atoms with E-state index in [1.807, 2.05) is 32.9 Å². The molecule has 1 heterocycles. The fraction of sp³-hybridized carbons (Fsp3) is 0.357. The van der Waals surface area contributed by atoms with Crippen LogP contribution >= 0.6 is 11.5 Å². The number of rotatable bonds is 11. The summed E-state index contributed by atoms with van der Waals surface area (Å²) < 4.78 is 9.58. The second-order valence-corrected chi connectivity index (χ2v) is 10.3. The average Bonchev–Trinajstić information content (AvgIpc) is 3.25. The Hall–Kier alpha value is -3.92. The van der Waals surface area contributed by atoms with Crippen molar-refractivity contribution in [3.63, 3.8) is 0 Å². The number of nitrogens with two attached hydrogens (primary N) is 2. The van der Waals surface area contributed by atoms with Crippen LogP contribution in [0.3, 0.4) is 0 Å².